The van der Waals surface area contributed by atoms with Crippen LogP contribution in [0.5, 0.6) is 0 Å². The van der Waals surface area contributed by atoms with E-state index in [1.807, 2.05) is 30.5 Å². The lowest BCUT2D eigenvalue weighted by molar-refractivity contribution is -0.139. The number of aliphatic carboxylic acids is 1. The summed E-state index contributed by atoms with van der Waals surface area (Å²) in [7, 11) is 0. The quantitative estimate of drug-likeness (QED) is 0.713. The highest BCUT2D eigenvalue weighted by Gasteiger charge is 2.16. The van der Waals surface area contributed by atoms with E-state index in [2.05, 4.69) is 33.2 Å². The summed E-state index contributed by atoms with van der Waals surface area (Å²) in [5.41, 5.74) is 1.07. The Kier molecular flexibility index (Phi) is 6.54. The normalized spacial score (nSPS) is 12.3. The van der Waals surface area contributed by atoms with E-state index in [0.717, 1.165) is 32.8 Å². The van der Waals surface area contributed by atoms with E-state index < -0.39 is 12.0 Å². The summed E-state index contributed by atoms with van der Waals surface area (Å²) in [6.45, 7) is 2.60. The average Bonchev–Trinajstić information content (AvgIpc) is 2.96. The zero-order chi connectivity index (χ0) is 15.9. The fourth-order valence-corrected chi connectivity index (χ4v) is 3.19. The van der Waals surface area contributed by atoms with Gasteiger partial charge in [0.2, 0.25) is 0 Å². The Morgan fingerprint density at radius 2 is 2.14 bits per heavy atom. The van der Waals surface area contributed by atoms with Crippen LogP contribution in [0.4, 0.5) is 0 Å². The third-order valence-corrected chi connectivity index (χ3v) is 4.89. The maximum absolute atomic E-state index is 11.2. The van der Waals surface area contributed by atoms with Crippen LogP contribution in [-0.4, -0.2) is 22.1 Å². The van der Waals surface area contributed by atoms with Gasteiger partial charge in [-0.05, 0) is 18.6 Å². The van der Waals surface area contributed by atoms with E-state index in [0.29, 0.717) is 13.0 Å². The molecule has 0 saturated carbocycles. The highest BCUT2D eigenvalue weighted by Crippen LogP contribution is 2.26. The second-order valence-corrected chi connectivity index (χ2v) is 7.08. The molecule has 1 aromatic carbocycles. The van der Waals surface area contributed by atoms with Crippen molar-refractivity contribution >= 4 is 33.2 Å². The van der Waals surface area contributed by atoms with Crippen LogP contribution < -0.4 is 5.32 Å². The predicted octanol–water partition coefficient (Wildman–Crippen LogP) is 4.31. The van der Waals surface area contributed by atoms with Gasteiger partial charge in [-0.3, -0.25) is 10.1 Å². The van der Waals surface area contributed by atoms with Gasteiger partial charge in [0.25, 0.3) is 0 Å². The van der Waals surface area contributed by atoms with Gasteiger partial charge in [-0.25, -0.2) is 4.98 Å². The number of carboxylic acid groups (broad SMARTS) is 1. The molecule has 1 atom stereocenters. The van der Waals surface area contributed by atoms with Crippen LogP contribution >= 0.6 is 27.3 Å². The first-order valence-electron chi connectivity index (χ1n) is 7.27. The van der Waals surface area contributed by atoms with E-state index in [1.165, 1.54) is 0 Å². The molecule has 0 fully saturated rings. The molecule has 0 spiro atoms. The van der Waals surface area contributed by atoms with Crippen LogP contribution in [0.15, 0.2) is 34.9 Å². The molecule has 6 heteroatoms. The Labute approximate surface area is 142 Å². The Morgan fingerprint density at radius 3 is 2.77 bits per heavy atom. The average molecular weight is 383 g/mol. The van der Waals surface area contributed by atoms with E-state index in [1.54, 1.807) is 11.3 Å². The lowest BCUT2D eigenvalue weighted by atomic mass is 10.1. The zero-order valence-electron chi connectivity index (χ0n) is 12.4. The van der Waals surface area contributed by atoms with Gasteiger partial charge in [-0.1, -0.05) is 47.8 Å². The van der Waals surface area contributed by atoms with Crippen molar-refractivity contribution in [2.24, 2.45) is 0 Å². The molecule has 2 N–H and O–H groups in total. The standard InChI is InChI=1S/C16H19BrN2O2S/c1-2-3-4-14(16(20)21)18-9-13-10-19-15(22-13)11-5-7-12(17)8-6-11/h5-8,10,14,18H,2-4,9H2,1H3,(H,20,21). The van der Waals surface area contributed by atoms with E-state index in [9.17, 15) is 9.90 Å². The van der Waals surface area contributed by atoms with Crippen molar-refractivity contribution in [1.82, 2.24) is 10.3 Å². The number of unbranched alkanes of at least 4 members (excludes halogenated alkanes) is 1. The number of thiazole rings is 1. The molecular weight excluding hydrogens is 364 g/mol. The molecule has 0 radical (unpaired) electrons. The Bertz CT molecular complexity index is 613. The van der Waals surface area contributed by atoms with E-state index in [4.69, 9.17) is 0 Å². The Balaban J connectivity index is 1.96. The summed E-state index contributed by atoms with van der Waals surface area (Å²) in [6.07, 6.45) is 4.38. The third kappa shape index (κ3) is 4.90. The van der Waals surface area contributed by atoms with Crippen molar-refractivity contribution < 1.29 is 9.90 Å². The van der Waals surface area contributed by atoms with Crippen molar-refractivity contribution in [3.05, 3.63) is 39.8 Å². The molecule has 2 rings (SSSR count). The smallest absolute Gasteiger partial charge is 0.320 e. The molecule has 2 aromatic rings. The summed E-state index contributed by atoms with van der Waals surface area (Å²) < 4.78 is 1.04. The van der Waals surface area contributed by atoms with Crippen molar-refractivity contribution in [3.63, 3.8) is 0 Å². The van der Waals surface area contributed by atoms with Crippen molar-refractivity contribution in [1.29, 1.82) is 0 Å². The molecule has 4 nitrogen and oxygen atoms in total. The summed E-state index contributed by atoms with van der Waals surface area (Å²) in [5.74, 6) is -0.786. The molecule has 1 heterocycles. The first-order chi connectivity index (χ1) is 10.6. The lowest BCUT2D eigenvalue weighted by Gasteiger charge is -2.12. The zero-order valence-corrected chi connectivity index (χ0v) is 14.8. The number of carbonyl (C=O) groups is 1. The summed E-state index contributed by atoms with van der Waals surface area (Å²) in [5, 5.41) is 13.3. The van der Waals surface area contributed by atoms with Gasteiger partial charge in [0.1, 0.15) is 11.0 Å². The van der Waals surface area contributed by atoms with Crippen LogP contribution in [0.25, 0.3) is 10.6 Å². The van der Waals surface area contributed by atoms with Crippen molar-refractivity contribution in [3.8, 4) is 10.6 Å². The molecule has 0 aliphatic rings. The van der Waals surface area contributed by atoms with E-state index >= 15 is 0 Å². The van der Waals surface area contributed by atoms with Gasteiger partial charge in [0, 0.05) is 27.7 Å². The summed E-state index contributed by atoms with van der Waals surface area (Å²) in [4.78, 5) is 16.7. The molecule has 0 aliphatic carbocycles. The number of halogens is 1. The SMILES string of the molecule is CCCCC(NCc1cnc(-c2ccc(Br)cc2)s1)C(=O)O. The fraction of sp³-hybridized carbons (Fsp3) is 0.375. The molecule has 0 aliphatic heterocycles. The Morgan fingerprint density at radius 1 is 1.41 bits per heavy atom. The minimum Gasteiger partial charge on any atom is -0.480 e. The van der Waals surface area contributed by atoms with Gasteiger partial charge >= 0.3 is 5.97 Å². The second kappa shape index (κ2) is 8.41. The maximum atomic E-state index is 11.2. The van der Waals surface area contributed by atoms with Gasteiger partial charge in [-0.2, -0.15) is 0 Å². The van der Waals surface area contributed by atoms with Gasteiger partial charge in [0.15, 0.2) is 0 Å². The number of hydrogen-bond acceptors (Lipinski definition) is 4. The number of nitrogens with one attached hydrogen (secondary N) is 1. The molecule has 1 aromatic heterocycles. The molecular formula is C16H19BrN2O2S. The number of rotatable bonds is 8. The first-order valence-corrected chi connectivity index (χ1v) is 8.88. The maximum Gasteiger partial charge on any atom is 0.320 e. The fourth-order valence-electron chi connectivity index (χ4n) is 2.06. The Hall–Kier alpha value is -1.24. The lowest BCUT2D eigenvalue weighted by Crippen LogP contribution is -2.35. The van der Waals surface area contributed by atoms with Crippen molar-refractivity contribution in [2.45, 2.75) is 38.8 Å². The number of aromatic nitrogens is 1. The topological polar surface area (TPSA) is 62.2 Å². The summed E-state index contributed by atoms with van der Waals surface area (Å²) in [6, 6.07) is 7.51. The number of hydrogen-bond donors (Lipinski definition) is 2. The molecule has 0 amide bonds. The number of carboxylic acids is 1. The van der Waals surface area contributed by atoms with Crippen LogP contribution in [0.1, 0.15) is 31.1 Å². The largest absolute Gasteiger partial charge is 0.480 e. The second-order valence-electron chi connectivity index (χ2n) is 5.05. The molecule has 0 bridgehead atoms. The van der Waals surface area contributed by atoms with Crippen LogP contribution in [0.2, 0.25) is 0 Å². The molecule has 1 unspecified atom stereocenters. The van der Waals surface area contributed by atoms with Gasteiger partial charge in [-0.15, -0.1) is 11.3 Å². The van der Waals surface area contributed by atoms with E-state index in [-0.39, 0.29) is 0 Å². The molecule has 118 valence electrons. The van der Waals surface area contributed by atoms with Crippen LogP contribution in [0.3, 0.4) is 0 Å². The number of benzene rings is 1. The van der Waals surface area contributed by atoms with Gasteiger partial charge in [0.05, 0.1) is 0 Å². The highest BCUT2D eigenvalue weighted by molar-refractivity contribution is 9.10. The third-order valence-electron chi connectivity index (χ3n) is 3.31. The van der Waals surface area contributed by atoms with Crippen molar-refractivity contribution in [2.75, 3.05) is 0 Å². The van der Waals surface area contributed by atoms with Crippen LogP contribution in [-0.2, 0) is 11.3 Å². The predicted molar refractivity (Wildman–Crippen MR) is 93.0 cm³/mol. The van der Waals surface area contributed by atoms with Crippen LogP contribution in [0, 0.1) is 0 Å². The number of nitrogens with zero attached hydrogens (tertiary/aromatic N) is 1. The minimum atomic E-state index is -0.786. The molecule has 22 heavy (non-hydrogen) atoms. The summed E-state index contributed by atoms with van der Waals surface area (Å²) >= 11 is 5.00. The monoisotopic (exact) mass is 382 g/mol. The molecule has 0 saturated heterocycles. The first kappa shape index (κ1) is 17.1. The van der Waals surface area contributed by atoms with Gasteiger partial charge < -0.3 is 5.11 Å². The highest BCUT2D eigenvalue weighted by atomic mass is 79.9. The minimum absolute atomic E-state index is 0.488.